The Bertz CT molecular complexity index is 295. The molecule has 0 heterocycles. The lowest BCUT2D eigenvalue weighted by atomic mass is 10.2. The second-order valence-corrected chi connectivity index (χ2v) is 5.28. The number of rotatable bonds is 6. The number of hydrogen-bond donors (Lipinski definition) is 1. The van der Waals surface area contributed by atoms with E-state index in [0.29, 0.717) is 6.04 Å². The number of thioether (sulfide) groups is 1. The van der Waals surface area contributed by atoms with Crippen molar-refractivity contribution in [2.45, 2.75) is 26.4 Å². The minimum absolute atomic E-state index is 0.588. The van der Waals surface area contributed by atoms with Crippen LogP contribution in [0.2, 0.25) is 0 Å². The molecule has 90 valence electrons. The zero-order valence-electron chi connectivity index (χ0n) is 10.4. The van der Waals surface area contributed by atoms with Crippen LogP contribution >= 0.6 is 11.8 Å². The van der Waals surface area contributed by atoms with Crippen molar-refractivity contribution in [3.05, 3.63) is 29.8 Å². The molecule has 0 saturated heterocycles. The number of benzene rings is 1. The molecule has 2 N–H and O–H groups in total. The molecule has 0 aliphatic heterocycles. The third kappa shape index (κ3) is 4.45. The molecule has 0 atom stereocenters. The third-order valence-electron chi connectivity index (χ3n) is 2.68. The number of anilines is 1. The van der Waals surface area contributed by atoms with Gasteiger partial charge in [0, 0.05) is 30.6 Å². The fourth-order valence-corrected chi connectivity index (χ4v) is 2.00. The van der Waals surface area contributed by atoms with Crippen molar-refractivity contribution in [2.24, 2.45) is 0 Å². The van der Waals surface area contributed by atoms with Crippen molar-refractivity contribution in [1.82, 2.24) is 4.90 Å². The van der Waals surface area contributed by atoms with Crippen LogP contribution in [-0.2, 0) is 6.54 Å². The Labute approximate surface area is 103 Å². The molecule has 0 unspecified atom stereocenters. The molecule has 0 aliphatic carbocycles. The van der Waals surface area contributed by atoms with E-state index in [1.165, 1.54) is 11.3 Å². The Kier molecular flexibility index (Phi) is 5.71. The molecule has 2 nitrogen and oxygen atoms in total. The van der Waals surface area contributed by atoms with Crippen LogP contribution < -0.4 is 5.73 Å². The average Bonchev–Trinajstić information content (AvgIpc) is 2.26. The SMILES string of the molecule is CSCCN(Cc1ccc(N)cc1)C(C)C. The van der Waals surface area contributed by atoms with E-state index in [2.05, 4.69) is 37.1 Å². The van der Waals surface area contributed by atoms with Crippen molar-refractivity contribution in [3.63, 3.8) is 0 Å². The fraction of sp³-hybridized carbons (Fsp3) is 0.538. The van der Waals surface area contributed by atoms with Gasteiger partial charge in [0.1, 0.15) is 0 Å². The van der Waals surface area contributed by atoms with Crippen molar-refractivity contribution in [2.75, 3.05) is 24.3 Å². The van der Waals surface area contributed by atoms with Crippen molar-refractivity contribution in [3.8, 4) is 0 Å². The van der Waals surface area contributed by atoms with Gasteiger partial charge in [0.05, 0.1) is 0 Å². The van der Waals surface area contributed by atoms with E-state index in [9.17, 15) is 0 Å². The highest BCUT2D eigenvalue weighted by Crippen LogP contribution is 2.11. The summed E-state index contributed by atoms with van der Waals surface area (Å²) in [4.78, 5) is 2.49. The molecule has 1 aromatic rings. The first-order chi connectivity index (χ1) is 7.63. The quantitative estimate of drug-likeness (QED) is 0.773. The van der Waals surface area contributed by atoms with Crippen molar-refractivity contribution in [1.29, 1.82) is 0 Å². The minimum atomic E-state index is 0.588. The van der Waals surface area contributed by atoms with Gasteiger partial charge in [-0.25, -0.2) is 0 Å². The predicted octanol–water partition coefficient (Wildman–Crippen LogP) is 2.84. The summed E-state index contributed by atoms with van der Waals surface area (Å²) in [5, 5.41) is 0. The standard InChI is InChI=1S/C13H22N2S/c1-11(2)15(8-9-16-3)10-12-4-6-13(14)7-5-12/h4-7,11H,8-10,14H2,1-3H3. The van der Waals surface area contributed by atoms with E-state index < -0.39 is 0 Å². The number of nitrogens with two attached hydrogens (primary N) is 1. The maximum atomic E-state index is 5.68. The molecule has 0 aliphatic rings. The molecular weight excluding hydrogens is 216 g/mol. The van der Waals surface area contributed by atoms with Crippen LogP contribution in [0.4, 0.5) is 5.69 Å². The summed E-state index contributed by atoms with van der Waals surface area (Å²) in [6.07, 6.45) is 2.15. The first kappa shape index (κ1) is 13.4. The molecule has 1 aromatic carbocycles. The molecule has 0 aromatic heterocycles. The summed E-state index contributed by atoms with van der Waals surface area (Å²) >= 11 is 1.90. The third-order valence-corrected chi connectivity index (χ3v) is 3.27. The maximum Gasteiger partial charge on any atom is 0.0314 e. The summed E-state index contributed by atoms with van der Waals surface area (Å²) in [6, 6.07) is 8.77. The fourth-order valence-electron chi connectivity index (χ4n) is 1.59. The monoisotopic (exact) mass is 238 g/mol. The first-order valence-electron chi connectivity index (χ1n) is 5.71. The lowest BCUT2D eigenvalue weighted by Crippen LogP contribution is -2.32. The molecule has 0 bridgehead atoms. The van der Waals surface area contributed by atoms with Crippen LogP contribution in [0.1, 0.15) is 19.4 Å². The highest BCUT2D eigenvalue weighted by atomic mass is 32.2. The summed E-state index contributed by atoms with van der Waals surface area (Å²) in [5.41, 5.74) is 7.85. The van der Waals surface area contributed by atoms with Gasteiger partial charge in [-0.2, -0.15) is 11.8 Å². The van der Waals surface area contributed by atoms with Crippen LogP contribution in [-0.4, -0.2) is 29.5 Å². The van der Waals surface area contributed by atoms with E-state index in [1.807, 2.05) is 23.9 Å². The Morgan fingerprint density at radius 2 is 1.88 bits per heavy atom. The Morgan fingerprint density at radius 3 is 2.38 bits per heavy atom. The highest BCUT2D eigenvalue weighted by molar-refractivity contribution is 7.98. The van der Waals surface area contributed by atoms with Crippen LogP contribution in [0, 0.1) is 0 Å². The van der Waals surface area contributed by atoms with Gasteiger partial charge in [-0.15, -0.1) is 0 Å². The van der Waals surface area contributed by atoms with E-state index >= 15 is 0 Å². The smallest absolute Gasteiger partial charge is 0.0314 e. The Hall–Kier alpha value is -0.670. The number of nitrogens with zero attached hydrogens (tertiary/aromatic N) is 1. The van der Waals surface area contributed by atoms with Gasteiger partial charge in [-0.05, 0) is 37.8 Å². The van der Waals surface area contributed by atoms with Gasteiger partial charge in [-0.3, -0.25) is 4.90 Å². The molecular formula is C13H22N2S. The van der Waals surface area contributed by atoms with Crippen LogP contribution in [0.3, 0.4) is 0 Å². The van der Waals surface area contributed by atoms with Crippen molar-refractivity contribution >= 4 is 17.4 Å². The van der Waals surface area contributed by atoms with Gasteiger partial charge < -0.3 is 5.73 Å². The van der Waals surface area contributed by atoms with Crippen molar-refractivity contribution < 1.29 is 0 Å². The summed E-state index contributed by atoms with van der Waals surface area (Å²) in [5.74, 6) is 1.19. The molecule has 0 saturated carbocycles. The van der Waals surface area contributed by atoms with Gasteiger partial charge in [0.25, 0.3) is 0 Å². The normalized spacial score (nSPS) is 11.3. The lowest BCUT2D eigenvalue weighted by Gasteiger charge is -2.26. The van der Waals surface area contributed by atoms with Crippen LogP contribution in [0.25, 0.3) is 0 Å². The van der Waals surface area contributed by atoms with Gasteiger partial charge in [0.2, 0.25) is 0 Å². The minimum Gasteiger partial charge on any atom is -0.399 e. The van der Waals surface area contributed by atoms with E-state index in [1.54, 1.807) is 0 Å². The molecule has 16 heavy (non-hydrogen) atoms. The van der Waals surface area contributed by atoms with E-state index in [4.69, 9.17) is 5.73 Å². The molecule has 0 radical (unpaired) electrons. The van der Waals surface area contributed by atoms with Gasteiger partial charge in [0.15, 0.2) is 0 Å². The second-order valence-electron chi connectivity index (χ2n) is 4.30. The van der Waals surface area contributed by atoms with Gasteiger partial charge in [-0.1, -0.05) is 12.1 Å². The van der Waals surface area contributed by atoms with Crippen LogP contribution in [0.5, 0.6) is 0 Å². The average molecular weight is 238 g/mol. The predicted molar refractivity (Wildman–Crippen MR) is 74.8 cm³/mol. The molecule has 3 heteroatoms. The highest BCUT2D eigenvalue weighted by Gasteiger charge is 2.09. The first-order valence-corrected chi connectivity index (χ1v) is 7.10. The molecule has 0 spiro atoms. The zero-order chi connectivity index (χ0) is 12.0. The Morgan fingerprint density at radius 1 is 1.25 bits per heavy atom. The topological polar surface area (TPSA) is 29.3 Å². The zero-order valence-corrected chi connectivity index (χ0v) is 11.3. The largest absolute Gasteiger partial charge is 0.399 e. The Balaban J connectivity index is 2.57. The second kappa shape index (κ2) is 6.81. The maximum absolute atomic E-state index is 5.68. The molecule has 0 amide bonds. The number of hydrogen-bond acceptors (Lipinski definition) is 3. The van der Waals surface area contributed by atoms with E-state index in [-0.39, 0.29) is 0 Å². The lowest BCUT2D eigenvalue weighted by molar-refractivity contribution is 0.227. The number of nitrogen functional groups attached to an aromatic ring is 1. The molecule has 1 rings (SSSR count). The van der Waals surface area contributed by atoms with Crippen LogP contribution in [0.15, 0.2) is 24.3 Å². The molecule has 0 fully saturated rings. The summed E-state index contributed by atoms with van der Waals surface area (Å²) < 4.78 is 0. The summed E-state index contributed by atoms with van der Waals surface area (Å²) in [6.45, 7) is 6.65. The van der Waals surface area contributed by atoms with Gasteiger partial charge >= 0.3 is 0 Å². The van der Waals surface area contributed by atoms with E-state index in [0.717, 1.165) is 18.8 Å². The summed E-state index contributed by atoms with van der Waals surface area (Å²) in [7, 11) is 0.